The Bertz CT molecular complexity index is 565. The number of carbonyl (C=O) groups is 2. The molecule has 0 saturated carbocycles. The molecule has 0 radical (unpaired) electrons. The molecule has 114 valence electrons. The first-order valence-electron chi connectivity index (χ1n) is 6.15. The summed E-state index contributed by atoms with van der Waals surface area (Å²) in [5.74, 6) is -0.213. The first-order chi connectivity index (χ1) is 9.99. The lowest BCUT2D eigenvalue weighted by Crippen LogP contribution is -2.68. The summed E-state index contributed by atoms with van der Waals surface area (Å²) in [5, 5.41) is 9.19. The molecule has 3 heterocycles. The van der Waals surface area contributed by atoms with Gasteiger partial charge in [-0.2, -0.15) is 4.41 Å². The van der Waals surface area contributed by atoms with E-state index in [0.29, 0.717) is 11.5 Å². The number of fused-ring (bicyclic) bond motifs is 1. The Labute approximate surface area is 134 Å². The lowest BCUT2D eigenvalue weighted by Gasteiger charge is -2.48. The summed E-state index contributed by atoms with van der Waals surface area (Å²) >= 11 is 4.64. The number of nitrogens with zero attached hydrogens (tertiary/aromatic N) is 2. The Morgan fingerprint density at radius 3 is 3.05 bits per heavy atom. The van der Waals surface area contributed by atoms with Crippen molar-refractivity contribution in [3.8, 4) is 0 Å². The lowest BCUT2D eigenvalue weighted by atomic mass is 10.0. The second-order valence-electron chi connectivity index (χ2n) is 4.66. The van der Waals surface area contributed by atoms with Crippen LogP contribution in [0.15, 0.2) is 21.7 Å². The van der Waals surface area contributed by atoms with E-state index in [1.54, 1.807) is 23.7 Å². The quantitative estimate of drug-likeness (QED) is 0.487. The van der Waals surface area contributed by atoms with Crippen molar-refractivity contribution >= 4 is 47.3 Å². The van der Waals surface area contributed by atoms with Gasteiger partial charge in [-0.15, -0.1) is 23.5 Å². The molecule has 1 fully saturated rings. The molecular formula is C11H14N4O3S3. The summed E-state index contributed by atoms with van der Waals surface area (Å²) in [7, 11) is 1.90. The van der Waals surface area contributed by atoms with Crippen molar-refractivity contribution in [2.75, 3.05) is 18.6 Å². The Hall–Kier alpha value is -0.810. The molecule has 0 aromatic rings. The fraction of sp³-hybridized carbons (Fsp3) is 0.455. The third-order valence-electron chi connectivity index (χ3n) is 3.27. The van der Waals surface area contributed by atoms with E-state index in [1.165, 1.54) is 16.7 Å². The number of nitrogens with two attached hydrogens (primary N) is 1. The summed E-state index contributed by atoms with van der Waals surface area (Å²) in [4.78, 5) is 24.6. The fourth-order valence-corrected chi connectivity index (χ4v) is 5.57. The molecule has 1 saturated heterocycles. The Morgan fingerprint density at radius 2 is 2.43 bits per heavy atom. The standard InChI is InChI=1S/C11H14N4O3S3/c1-14-13-2-6(21-14)19-3-5-4-20-10-7(12)9(16)15(10)8(5)11(17)18/h2,7,10,13H,3-4,12H2,1H3,(H,17,18)/t7?,10-/m1/s1. The van der Waals surface area contributed by atoms with E-state index >= 15 is 0 Å². The van der Waals surface area contributed by atoms with Crippen molar-refractivity contribution in [2.45, 2.75) is 11.4 Å². The van der Waals surface area contributed by atoms with Crippen LogP contribution in [0.3, 0.4) is 0 Å². The van der Waals surface area contributed by atoms with Gasteiger partial charge in [-0.05, 0) is 17.5 Å². The molecule has 0 aromatic heterocycles. The van der Waals surface area contributed by atoms with E-state index in [4.69, 9.17) is 5.73 Å². The number of carboxylic acid groups (broad SMARTS) is 1. The maximum atomic E-state index is 11.8. The summed E-state index contributed by atoms with van der Waals surface area (Å²) in [6.45, 7) is 0. The number of thioether (sulfide) groups is 2. The summed E-state index contributed by atoms with van der Waals surface area (Å²) in [5.41, 5.74) is 9.62. The lowest BCUT2D eigenvalue weighted by molar-refractivity contribution is -0.147. The van der Waals surface area contributed by atoms with Crippen molar-refractivity contribution in [3.05, 3.63) is 21.7 Å². The largest absolute Gasteiger partial charge is 0.477 e. The minimum Gasteiger partial charge on any atom is -0.477 e. The number of hydrazine groups is 1. The van der Waals surface area contributed by atoms with Crippen LogP contribution in [0.25, 0.3) is 0 Å². The zero-order chi connectivity index (χ0) is 15.1. The molecule has 0 aliphatic carbocycles. The minimum absolute atomic E-state index is 0.114. The number of rotatable bonds is 4. The minimum atomic E-state index is -1.06. The highest BCUT2D eigenvalue weighted by Gasteiger charge is 2.51. The van der Waals surface area contributed by atoms with E-state index in [9.17, 15) is 14.7 Å². The number of aliphatic carboxylic acids is 1. The highest BCUT2D eigenvalue weighted by atomic mass is 32.2. The van der Waals surface area contributed by atoms with Crippen LogP contribution >= 0.6 is 35.5 Å². The third kappa shape index (κ3) is 2.66. The predicted molar refractivity (Wildman–Crippen MR) is 84.8 cm³/mol. The van der Waals surface area contributed by atoms with Gasteiger partial charge in [-0.3, -0.25) is 9.69 Å². The maximum Gasteiger partial charge on any atom is 0.352 e. The molecule has 1 amide bonds. The monoisotopic (exact) mass is 346 g/mol. The van der Waals surface area contributed by atoms with Crippen molar-refractivity contribution in [1.29, 1.82) is 0 Å². The van der Waals surface area contributed by atoms with Crippen LogP contribution < -0.4 is 11.2 Å². The number of hydrogen-bond donors (Lipinski definition) is 3. The van der Waals surface area contributed by atoms with Crippen LogP contribution in [-0.4, -0.2) is 56.3 Å². The maximum absolute atomic E-state index is 11.8. The predicted octanol–water partition coefficient (Wildman–Crippen LogP) is 0.198. The van der Waals surface area contributed by atoms with Gasteiger partial charge in [0, 0.05) is 24.8 Å². The number of carboxylic acids is 1. The van der Waals surface area contributed by atoms with Gasteiger partial charge in [0.1, 0.15) is 17.1 Å². The van der Waals surface area contributed by atoms with E-state index in [1.807, 2.05) is 17.7 Å². The average Bonchev–Trinajstić information content (AvgIpc) is 2.88. The van der Waals surface area contributed by atoms with Crippen LogP contribution in [-0.2, 0) is 9.59 Å². The van der Waals surface area contributed by atoms with E-state index < -0.39 is 12.0 Å². The molecule has 1 unspecified atom stereocenters. The van der Waals surface area contributed by atoms with Gasteiger partial charge in [-0.25, -0.2) is 4.79 Å². The molecule has 3 aliphatic rings. The van der Waals surface area contributed by atoms with Gasteiger partial charge in [0.2, 0.25) is 5.91 Å². The molecular weight excluding hydrogens is 332 g/mol. The summed E-state index contributed by atoms with van der Waals surface area (Å²) < 4.78 is 2.92. The zero-order valence-corrected chi connectivity index (χ0v) is 13.6. The molecule has 0 aromatic carbocycles. The van der Waals surface area contributed by atoms with E-state index in [2.05, 4.69) is 5.43 Å². The summed E-state index contributed by atoms with van der Waals surface area (Å²) in [6, 6.07) is -0.579. The number of nitrogens with one attached hydrogen (secondary N) is 1. The van der Waals surface area contributed by atoms with Crippen LogP contribution in [0.5, 0.6) is 0 Å². The topological polar surface area (TPSA) is 98.9 Å². The van der Waals surface area contributed by atoms with Crippen LogP contribution in [0, 0.1) is 0 Å². The molecule has 2 atom stereocenters. The smallest absolute Gasteiger partial charge is 0.352 e. The average molecular weight is 346 g/mol. The van der Waals surface area contributed by atoms with Gasteiger partial charge in [0.05, 0.1) is 4.24 Å². The first kappa shape index (κ1) is 15.1. The van der Waals surface area contributed by atoms with Crippen LogP contribution in [0.1, 0.15) is 0 Å². The van der Waals surface area contributed by atoms with Crippen molar-refractivity contribution in [3.63, 3.8) is 0 Å². The highest BCUT2D eigenvalue weighted by Crippen LogP contribution is 2.42. The molecule has 3 aliphatic heterocycles. The molecule has 10 heteroatoms. The van der Waals surface area contributed by atoms with Gasteiger partial charge >= 0.3 is 5.97 Å². The zero-order valence-electron chi connectivity index (χ0n) is 11.1. The second kappa shape index (κ2) is 5.76. The summed E-state index contributed by atoms with van der Waals surface area (Å²) in [6.07, 6.45) is 1.87. The van der Waals surface area contributed by atoms with Crippen LogP contribution in [0.2, 0.25) is 0 Å². The van der Waals surface area contributed by atoms with Gasteiger partial charge in [-0.1, -0.05) is 0 Å². The van der Waals surface area contributed by atoms with Crippen LogP contribution in [0.4, 0.5) is 0 Å². The van der Waals surface area contributed by atoms with Gasteiger partial charge in [0.15, 0.2) is 0 Å². The number of β-lactam (4-membered cyclic amide) rings is 1. The number of hydrogen-bond acceptors (Lipinski definition) is 8. The third-order valence-corrected chi connectivity index (χ3v) is 6.78. The normalized spacial score (nSPS) is 29.0. The second-order valence-corrected chi connectivity index (χ2v) is 8.21. The molecule has 0 spiro atoms. The number of carbonyl (C=O) groups excluding carboxylic acids is 1. The Balaban J connectivity index is 1.75. The van der Waals surface area contributed by atoms with E-state index in [-0.39, 0.29) is 17.0 Å². The Morgan fingerprint density at radius 1 is 1.67 bits per heavy atom. The van der Waals surface area contributed by atoms with Crippen molar-refractivity contribution in [2.24, 2.45) is 5.73 Å². The van der Waals surface area contributed by atoms with E-state index in [0.717, 1.165) is 9.81 Å². The van der Waals surface area contributed by atoms with Crippen molar-refractivity contribution < 1.29 is 14.7 Å². The molecule has 4 N–H and O–H groups in total. The first-order valence-corrected chi connectivity index (χ1v) is 8.96. The fourth-order valence-electron chi connectivity index (χ4n) is 2.25. The molecule has 21 heavy (non-hydrogen) atoms. The molecule has 0 bridgehead atoms. The SMILES string of the molecule is CN1NC=C(SCC2=C(C(=O)O)N3C(=O)C(N)[C@H]3SC2)S1. The van der Waals surface area contributed by atoms with Crippen molar-refractivity contribution in [1.82, 2.24) is 14.7 Å². The Kier molecular flexibility index (Phi) is 4.14. The van der Waals surface area contributed by atoms with Gasteiger partial charge < -0.3 is 16.3 Å². The molecule has 7 nitrogen and oxygen atoms in total. The molecule has 3 rings (SSSR count). The van der Waals surface area contributed by atoms with Gasteiger partial charge in [0.25, 0.3) is 0 Å². The highest BCUT2D eigenvalue weighted by molar-refractivity contribution is 8.21. The number of amides is 1.